The van der Waals surface area contributed by atoms with Crippen LogP contribution in [0.2, 0.25) is 0 Å². The van der Waals surface area contributed by atoms with E-state index in [-0.39, 0.29) is 17.6 Å². The molecule has 1 aromatic heterocycles. The van der Waals surface area contributed by atoms with E-state index in [0.29, 0.717) is 26.2 Å². The van der Waals surface area contributed by atoms with Gasteiger partial charge in [0.05, 0.1) is 13.1 Å². The maximum Gasteiger partial charge on any atom is 0.346 e. The summed E-state index contributed by atoms with van der Waals surface area (Å²) in [6.45, 7) is 5.24. The first-order chi connectivity index (χ1) is 15.6. The molecular weight excluding hydrogens is 404 g/mol. The van der Waals surface area contributed by atoms with E-state index in [4.69, 9.17) is 9.84 Å². The van der Waals surface area contributed by atoms with Crippen molar-refractivity contribution >= 4 is 5.97 Å². The largest absolute Gasteiger partial charge is 0.460 e. The van der Waals surface area contributed by atoms with Crippen molar-refractivity contribution in [1.82, 2.24) is 19.2 Å². The SMILES string of the molecule is CCn1c(C2CCN(CC(=O)OCc3ccccc3)CC2)nn(Cc2ccccc2)c1=O. The summed E-state index contributed by atoms with van der Waals surface area (Å²) in [6.07, 6.45) is 1.74. The first-order valence-electron chi connectivity index (χ1n) is 11.3. The smallest absolute Gasteiger partial charge is 0.346 e. The average molecular weight is 435 g/mol. The molecule has 2 heterocycles. The van der Waals surface area contributed by atoms with Crippen LogP contribution in [0.3, 0.4) is 0 Å². The number of likely N-dealkylation sites (tertiary alicyclic amines) is 1. The van der Waals surface area contributed by atoms with Crippen molar-refractivity contribution < 1.29 is 9.53 Å². The van der Waals surface area contributed by atoms with E-state index < -0.39 is 0 Å². The van der Waals surface area contributed by atoms with E-state index >= 15 is 0 Å². The standard InChI is InChI=1S/C25H30N4O3/c1-2-28-24(26-29(25(28)31)17-20-9-5-3-6-10-20)22-13-15-27(16-14-22)18-23(30)32-19-21-11-7-4-8-12-21/h3-12,22H,2,13-19H2,1H3. The molecule has 0 saturated carbocycles. The molecule has 0 N–H and O–H groups in total. The summed E-state index contributed by atoms with van der Waals surface area (Å²) < 4.78 is 8.77. The van der Waals surface area contributed by atoms with E-state index in [0.717, 1.165) is 42.9 Å². The lowest BCUT2D eigenvalue weighted by Gasteiger charge is -2.30. The Bertz CT molecular complexity index is 1070. The third kappa shape index (κ3) is 5.34. The number of benzene rings is 2. The summed E-state index contributed by atoms with van der Waals surface area (Å²) in [7, 11) is 0. The molecule has 1 fully saturated rings. The minimum atomic E-state index is -0.204. The van der Waals surface area contributed by atoms with Crippen molar-refractivity contribution in [2.24, 2.45) is 0 Å². The average Bonchev–Trinajstić information content (AvgIpc) is 3.14. The zero-order valence-electron chi connectivity index (χ0n) is 18.5. The first-order valence-corrected chi connectivity index (χ1v) is 11.3. The van der Waals surface area contributed by atoms with Crippen LogP contribution in [0, 0.1) is 0 Å². The highest BCUT2D eigenvalue weighted by Crippen LogP contribution is 2.26. The molecule has 4 rings (SSSR count). The number of carbonyl (C=O) groups excluding carboxylic acids is 1. The Morgan fingerprint density at radius 3 is 2.25 bits per heavy atom. The van der Waals surface area contributed by atoms with Gasteiger partial charge in [-0.2, -0.15) is 5.10 Å². The van der Waals surface area contributed by atoms with Crippen LogP contribution in [0.25, 0.3) is 0 Å². The molecule has 0 bridgehead atoms. The number of esters is 1. The van der Waals surface area contributed by atoms with Gasteiger partial charge in [-0.05, 0) is 44.0 Å². The van der Waals surface area contributed by atoms with E-state index in [9.17, 15) is 9.59 Å². The van der Waals surface area contributed by atoms with Gasteiger partial charge >= 0.3 is 11.7 Å². The quantitative estimate of drug-likeness (QED) is 0.510. The molecule has 0 amide bonds. The van der Waals surface area contributed by atoms with Crippen LogP contribution in [0.15, 0.2) is 65.5 Å². The normalized spacial score (nSPS) is 15.0. The van der Waals surface area contributed by atoms with Gasteiger partial charge in [-0.25, -0.2) is 9.48 Å². The van der Waals surface area contributed by atoms with Gasteiger partial charge in [0.2, 0.25) is 0 Å². The van der Waals surface area contributed by atoms with E-state index in [1.165, 1.54) is 0 Å². The molecule has 32 heavy (non-hydrogen) atoms. The number of aromatic nitrogens is 3. The maximum atomic E-state index is 12.9. The number of ether oxygens (including phenoxy) is 1. The number of piperidine rings is 1. The Kier molecular flexibility index (Phi) is 7.17. The summed E-state index contributed by atoms with van der Waals surface area (Å²) in [6, 6.07) is 19.6. The Labute approximate surface area is 188 Å². The number of nitrogens with zero attached hydrogens (tertiary/aromatic N) is 4. The molecule has 7 nitrogen and oxygen atoms in total. The van der Waals surface area contributed by atoms with Gasteiger partial charge < -0.3 is 4.74 Å². The van der Waals surface area contributed by atoms with Gasteiger partial charge in [0.25, 0.3) is 0 Å². The molecule has 0 unspecified atom stereocenters. The fourth-order valence-electron chi connectivity index (χ4n) is 4.23. The summed E-state index contributed by atoms with van der Waals surface area (Å²) in [4.78, 5) is 27.2. The Morgan fingerprint density at radius 2 is 1.62 bits per heavy atom. The van der Waals surface area contributed by atoms with E-state index in [1.807, 2.05) is 67.6 Å². The van der Waals surface area contributed by atoms with E-state index in [2.05, 4.69) is 4.90 Å². The lowest BCUT2D eigenvalue weighted by molar-refractivity contribution is -0.146. The van der Waals surface area contributed by atoms with Crippen LogP contribution in [0.1, 0.15) is 42.6 Å². The molecule has 0 aliphatic carbocycles. The lowest BCUT2D eigenvalue weighted by atomic mass is 9.96. The minimum Gasteiger partial charge on any atom is -0.460 e. The molecule has 1 aliphatic heterocycles. The Morgan fingerprint density at radius 1 is 1.00 bits per heavy atom. The lowest BCUT2D eigenvalue weighted by Crippen LogP contribution is -2.38. The summed E-state index contributed by atoms with van der Waals surface area (Å²) in [5.41, 5.74) is 1.99. The highest BCUT2D eigenvalue weighted by atomic mass is 16.5. The van der Waals surface area contributed by atoms with Gasteiger partial charge in [0.15, 0.2) is 0 Å². The van der Waals surface area contributed by atoms with Crippen LogP contribution in [0.4, 0.5) is 0 Å². The minimum absolute atomic E-state index is 0.0572. The van der Waals surface area contributed by atoms with Gasteiger partial charge in [0.1, 0.15) is 12.4 Å². The van der Waals surface area contributed by atoms with Crippen LogP contribution >= 0.6 is 0 Å². The second-order valence-corrected chi connectivity index (χ2v) is 8.22. The summed E-state index contributed by atoms with van der Waals surface area (Å²) >= 11 is 0. The van der Waals surface area contributed by atoms with Crippen molar-refractivity contribution in [2.75, 3.05) is 19.6 Å². The predicted octanol–water partition coefficient (Wildman–Crippen LogP) is 3.04. The Hall–Kier alpha value is -3.19. The Balaban J connectivity index is 1.33. The third-order valence-corrected chi connectivity index (χ3v) is 5.99. The summed E-state index contributed by atoms with van der Waals surface area (Å²) in [5, 5.41) is 4.71. The number of carbonyl (C=O) groups is 1. The van der Waals surface area contributed by atoms with Crippen LogP contribution in [-0.4, -0.2) is 44.9 Å². The molecule has 168 valence electrons. The van der Waals surface area contributed by atoms with Crippen molar-refractivity contribution in [2.45, 2.75) is 45.4 Å². The first kappa shape index (κ1) is 22.0. The number of hydrogen-bond donors (Lipinski definition) is 0. The molecule has 0 spiro atoms. The fourth-order valence-corrected chi connectivity index (χ4v) is 4.23. The summed E-state index contributed by atoms with van der Waals surface area (Å²) in [5.74, 6) is 0.876. The third-order valence-electron chi connectivity index (χ3n) is 5.99. The van der Waals surface area contributed by atoms with Crippen LogP contribution in [-0.2, 0) is 29.2 Å². The van der Waals surface area contributed by atoms with Gasteiger partial charge in [0, 0.05) is 12.5 Å². The number of rotatable bonds is 8. The van der Waals surface area contributed by atoms with Gasteiger partial charge in [-0.1, -0.05) is 60.7 Å². The number of hydrogen-bond acceptors (Lipinski definition) is 5. The topological polar surface area (TPSA) is 69.4 Å². The van der Waals surface area contributed by atoms with Crippen LogP contribution < -0.4 is 5.69 Å². The predicted molar refractivity (Wildman–Crippen MR) is 122 cm³/mol. The van der Waals surface area contributed by atoms with Crippen molar-refractivity contribution in [3.05, 3.63) is 88.1 Å². The fraction of sp³-hybridized carbons (Fsp3) is 0.400. The van der Waals surface area contributed by atoms with Gasteiger partial charge in [-0.3, -0.25) is 14.3 Å². The zero-order chi connectivity index (χ0) is 22.3. The van der Waals surface area contributed by atoms with Crippen molar-refractivity contribution in [3.8, 4) is 0 Å². The monoisotopic (exact) mass is 434 g/mol. The molecular formula is C25H30N4O3. The molecule has 7 heteroatoms. The highest BCUT2D eigenvalue weighted by Gasteiger charge is 2.27. The second kappa shape index (κ2) is 10.4. The van der Waals surface area contributed by atoms with E-state index in [1.54, 1.807) is 9.25 Å². The molecule has 1 aliphatic rings. The van der Waals surface area contributed by atoms with Crippen LogP contribution in [0.5, 0.6) is 0 Å². The second-order valence-electron chi connectivity index (χ2n) is 8.22. The molecule has 0 atom stereocenters. The molecule has 0 radical (unpaired) electrons. The van der Waals surface area contributed by atoms with Crippen molar-refractivity contribution in [3.63, 3.8) is 0 Å². The van der Waals surface area contributed by atoms with Crippen molar-refractivity contribution in [1.29, 1.82) is 0 Å². The zero-order valence-corrected chi connectivity index (χ0v) is 18.5. The van der Waals surface area contributed by atoms with Gasteiger partial charge in [-0.15, -0.1) is 0 Å². The highest BCUT2D eigenvalue weighted by molar-refractivity contribution is 5.71. The molecule has 3 aromatic rings. The molecule has 1 saturated heterocycles. The maximum absolute atomic E-state index is 12.9. The molecule has 2 aromatic carbocycles.